The van der Waals surface area contributed by atoms with Gasteiger partial charge in [-0.1, -0.05) is 35.8 Å². The summed E-state index contributed by atoms with van der Waals surface area (Å²) >= 11 is 3.38. The maximum atomic E-state index is 11.6. The van der Waals surface area contributed by atoms with Gasteiger partial charge in [0.25, 0.3) is 5.91 Å². The molecule has 1 amide bonds. The highest BCUT2D eigenvalue weighted by atomic mass is 79.9. The first-order valence-corrected chi connectivity index (χ1v) is 7.14. The van der Waals surface area contributed by atoms with Gasteiger partial charge in [-0.15, -0.1) is 0 Å². The van der Waals surface area contributed by atoms with Crippen molar-refractivity contribution >= 4 is 21.8 Å². The molecule has 1 rings (SSSR count). The molecular weight excluding hydrogens is 308 g/mol. The first-order chi connectivity index (χ1) is 8.90. The Bertz CT molecular complexity index is 433. The number of carbonyl (C=O) groups is 1. The van der Waals surface area contributed by atoms with Gasteiger partial charge in [0.15, 0.2) is 6.61 Å². The maximum absolute atomic E-state index is 11.6. The molecule has 4 nitrogen and oxygen atoms in total. The molecule has 5 heteroatoms. The van der Waals surface area contributed by atoms with Gasteiger partial charge in [0.2, 0.25) is 0 Å². The molecule has 0 saturated carbocycles. The van der Waals surface area contributed by atoms with Gasteiger partial charge in [-0.25, -0.2) is 0 Å². The highest BCUT2D eigenvalue weighted by Crippen LogP contribution is 2.27. The van der Waals surface area contributed by atoms with E-state index in [9.17, 15) is 4.79 Å². The average molecular weight is 329 g/mol. The Balaban J connectivity index is 2.61. The van der Waals surface area contributed by atoms with Gasteiger partial charge in [-0.3, -0.25) is 4.79 Å². The molecule has 0 aliphatic carbocycles. The molecule has 0 radical (unpaired) electrons. The number of amides is 1. The zero-order chi connectivity index (χ0) is 14.4. The molecule has 1 aromatic rings. The zero-order valence-electron chi connectivity index (χ0n) is 11.6. The second kappa shape index (κ2) is 7.50. The lowest BCUT2D eigenvalue weighted by molar-refractivity contribution is -0.123. The molecule has 1 aromatic carbocycles. The maximum Gasteiger partial charge on any atom is 0.257 e. The topological polar surface area (TPSA) is 64.3 Å². The van der Waals surface area contributed by atoms with Crippen LogP contribution >= 0.6 is 15.9 Å². The lowest BCUT2D eigenvalue weighted by Gasteiger charge is -2.14. The van der Waals surface area contributed by atoms with Crippen LogP contribution in [0.4, 0.5) is 0 Å². The smallest absolute Gasteiger partial charge is 0.257 e. The first kappa shape index (κ1) is 16.0. The van der Waals surface area contributed by atoms with E-state index in [-0.39, 0.29) is 18.6 Å². The highest BCUT2D eigenvalue weighted by molar-refractivity contribution is 9.10. The number of hydrogen-bond acceptors (Lipinski definition) is 3. The highest BCUT2D eigenvalue weighted by Gasteiger charge is 2.10. The molecule has 0 fully saturated rings. The predicted octanol–water partition coefficient (Wildman–Crippen LogP) is 2.62. The Morgan fingerprint density at radius 3 is 2.68 bits per heavy atom. The standard InChI is InChI=1S/C14H21BrN2O2/c1-9(2)7-17-14(18)8-19-13-6-11(15)4-5-12(13)10(3)16/h4-6,9-10H,7-8,16H2,1-3H3,(H,17,18). The van der Waals surface area contributed by atoms with E-state index in [2.05, 4.69) is 21.2 Å². The van der Waals surface area contributed by atoms with Gasteiger partial charge in [-0.05, 0) is 25.0 Å². The number of halogens is 1. The van der Waals surface area contributed by atoms with Crippen molar-refractivity contribution in [2.24, 2.45) is 11.7 Å². The largest absolute Gasteiger partial charge is 0.483 e. The zero-order valence-corrected chi connectivity index (χ0v) is 13.2. The molecular formula is C14H21BrN2O2. The van der Waals surface area contributed by atoms with Crippen molar-refractivity contribution < 1.29 is 9.53 Å². The Labute approximate surface area is 122 Å². The van der Waals surface area contributed by atoms with Gasteiger partial charge < -0.3 is 15.8 Å². The van der Waals surface area contributed by atoms with E-state index in [0.29, 0.717) is 18.2 Å². The van der Waals surface area contributed by atoms with Gasteiger partial charge in [0, 0.05) is 22.6 Å². The van der Waals surface area contributed by atoms with Gasteiger partial charge >= 0.3 is 0 Å². The summed E-state index contributed by atoms with van der Waals surface area (Å²) in [7, 11) is 0. The van der Waals surface area contributed by atoms with Crippen LogP contribution < -0.4 is 15.8 Å². The van der Waals surface area contributed by atoms with Crippen LogP contribution in [0.1, 0.15) is 32.4 Å². The molecule has 1 unspecified atom stereocenters. The van der Waals surface area contributed by atoms with Crippen molar-refractivity contribution in [2.45, 2.75) is 26.8 Å². The number of nitrogens with two attached hydrogens (primary N) is 1. The van der Waals surface area contributed by atoms with Crippen LogP contribution in [0, 0.1) is 5.92 Å². The van der Waals surface area contributed by atoms with Crippen LogP contribution in [0.2, 0.25) is 0 Å². The number of nitrogens with one attached hydrogen (secondary N) is 1. The van der Waals surface area contributed by atoms with E-state index < -0.39 is 0 Å². The fraction of sp³-hybridized carbons (Fsp3) is 0.500. The third-order valence-electron chi connectivity index (χ3n) is 2.53. The van der Waals surface area contributed by atoms with E-state index in [0.717, 1.165) is 10.0 Å². The number of carbonyl (C=O) groups excluding carboxylic acids is 1. The quantitative estimate of drug-likeness (QED) is 0.843. The van der Waals surface area contributed by atoms with Crippen LogP contribution in [0.25, 0.3) is 0 Å². The third-order valence-corrected chi connectivity index (χ3v) is 3.03. The number of benzene rings is 1. The number of ether oxygens (including phenoxy) is 1. The molecule has 0 aromatic heterocycles. The molecule has 0 aliphatic rings. The molecule has 106 valence electrons. The minimum absolute atomic E-state index is 0.00287. The van der Waals surface area contributed by atoms with Crippen LogP contribution in [0.5, 0.6) is 5.75 Å². The minimum atomic E-state index is -0.137. The molecule has 19 heavy (non-hydrogen) atoms. The number of hydrogen-bond donors (Lipinski definition) is 2. The Morgan fingerprint density at radius 1 is 1.42 bits per heavy atom. The van der Waals surface area contributed by atoms with Crippen molar-refractivity contribution in [1.82, 2.24) is 5.32 Å². The number of rotatable bonds is 6. The van der Waals surface area contributed by atoms with Crippen molar-refractivity contribution in [2.75, 3.05) is 13.2 Å². The van der Waals surface area contributed by atoms with Gasteiger partial charge in [-0.2, -0.15) is 0 Å². The van der Waals surface area contributed by atoms with Crippen LogP contribution in [0.15, 0.2) is 22.7 Å². The first-order valence-electron chi connectivity index (χ1n) is 6.34. The van der Waals surface area contributed by atoms with E-state index in [1.165, 1.54) is 0 Å². The summed E-state index contributed by atoms with van der Waals surface area (Å²) in [6.45, 7) is 6.63. The molecule has 0 heterocycles. The van der Waals surface area contributed by atoms with Gasteiger partial charge in [0.1, 0.15) is 5.75 Å². The Hall–Kier alpha value is -1.07. The second-order valence-electron chi connectivity index (χ2n) is 4.96. The Morgan fingerprint density at radius 2 is 2.11 bits per heavy atom. The summed E-state index contributed by atoms with van der Waals surface area (Å²) in [6.07, 6.45) is 0. The van der Waals surface area contributed by atoms with E-state index in [4.69, 9.17) is 10.5 Å². The summed E-state index contributed by atoms with van der Waals surface area (Å²) in [4.78, 5) is 11.6. The normalized spacial score (nSPS) is 12.3. The van der Waals surface area contributed by atoms with Crippen LogP contribution in [-0.2, 0) is 4.79 Å². The molecule has 0 aliphatic heterocycles. The second-order valence-corrected chi connectivity index (χ2v) is 5.87. The Kier molecular flexibility index (Phi) is 6.31. The van der Waals surface area contributed by atoms with Crippen molar-refractivity contribution in [3.63, 3.8) is 0 Å². The summed E-state index contributed by atoms with van der Waals surface area (Å²) < 4.78 is 6.45. The van der Waals surface area contributed by atoms with Gasteiger partial charge in [0.05, 0.1) is 0 Å². The molecule has 1 atom stereocenters. The summed E-state index contributed by atoms with van der Waals surface area (Å²) in [5, 5.41) is 2.81. The van der Waals surface area contributed by atoms with E-state index in [1.54, 1.807) is 0 Å². The summed E-state index contributed by atoms with van der Waals surface area (Å²) in [5.74, 6) is 0.947. The average Bonchev–Trinajstić information content (AvgIpc) is 2.33. The van der Waals surface area contributed by atoms with Crippen LogP contribution in [0.3, 0.4) is 0 Å². The fourth-order valence-corrected chi connectivity index (χ4v) is 1.86. The minimum Gasteiger partial charge on any atom is -0.483 e. The SMILES string of the molecule is CC(C)CNC(=O)COc1cc(Br)ccc1C(C)N. The van der Waals surface area contributed by atoms with Crippen molar-refractivity contribution in [3.8, 4) is 5.75 Å². The predicted molar refractivity (Wildman–Crippen MR) is 80.1 cm³/mol. The van der Waals surface area contributed by atoms with Crippen molar-refractivity contribution in [3.05, 3.63) is 28.2 Å². The fourth-order valence-electron chi connectivity index (χ4n) is 1.52. The molecule has 3 N–H and O–H groups in total. The van der Waals surface area contributed by atoms with Crippen molar-refractivity contribution in [1.29, 1.82) is 0 Å². The molecule has 0 bridgehead atoms. The molecule has 0 spiro atoms. The van der Waals surface area contributed by atoms with Crippen LogP contribution in [-0.4, -0.2) is 19.1 Å². The third kappa shape index (κ3) is 5.61. The van der Waals surface area contributed by atoms with E-state index >= 15 is 0 Å². The summed E-state index contributed by atoms with van der Waals surface area (Å²) in [5.41, 5.74) is 6.76. The lowest BCUT2D eigenvalue weighted by atomic mass is 10.1. The monoisotopic (exact) mass is 328 g/mol. The lowest BCUT2D eigenvalue weighted by Crippen LogP contribution is -2.31. The summed E-state index contributed by atoms with van der Waals surface area (Å²) in [6, 6.07) is 5.50. The molecule has 0 saturated heterocycles. The van der Waals surface area contributed by atoms with E-state index in [1.807, 2.05) is 39.0 Å².